The van der Waals surface area contributed by atoms with Crippen LogP contribution in [0.4, 0.5) is 10.3 Å². The molecule has 2 rings (SSSR count). The van der Waals surface area contributed by atoms with E-state index in [4.69, 9.17) is 4.74 Å². The molecule has 1 heterocycles. The topological polar surface area (TPSA) is 47.0 Å². The van der Waals surface area contributed by atoms with Gasteiger partial charge in [-0.1, -0.05) is 13.8 Å². The van der Waals surface area contributed by atoms with Gasteiger partial charge in [-0.3, -0.25) is 0 Å². The van der Waals surface area contributed by atoms with Gasteiger partial charge < -0.3 is 10.1 Å². The predicted octanol–water partition coefficient (Wildman–Crippen LogP) is 3.25. The molecule has 4 nitrogen and oxygen atoms in total. The van der Waals surface area contributed by atoms with Crippen molar-refractivity contribution in [2.24, 2.45) is 11.8 Å². The van der Waals surface area contributed by atoms with Crippen LogP contribution in [0.3, 0.4) is 0 Å². The number of rotatable bonds is 4. The second-order valence-corrected chi connectivity index (χ2v) is 5.53. The molecule has 5 heteroatoms. The van der Waals surface area contributed by atoms with Gasteiger partial charge in [-0.25, -0.2) is 4.98 Å². The smallest absolute Gasteiger partial charge is 0.255 e. The van der Waals surface area contributed by atoms with Gasteiger partial charge in [-0.2, -0.15) is 9.37 Å². The van der Waals surface area contributed by atoms with Gasteiger partial charge in [-0.15, -0.1) is 0 Å². The SMILES string of the molecule is CCNc1ncc(F)c(OC2CC(C)CC(C)C2)n1. The van der Waals surface area contributed by atoms with E-state index in [1.807, 2.05) is 6.92 Å². The first kappa shape index (κ1) is 14.0. The first-order valence-electron chi connectivity index (χ1n) is 7.01. The summed E-state index contributed by atoms with van der Waals surface area (Å²) in [6, 6.07) is 0. The Hall–Kier alpha value is -1.39. The van der Waals surface area contributed by atoms with Crippen LogP contribution in [0, 0.1) is 17.7 Å². The number of aromatic nitrogens is 2. The molecule has 0 aromatic carbocycles. The van der Waals surface area contributed by atoms with Crippen molar-refractivity contribution in [1.82, 2.24) is 9.97 Å². The van der Waals surface area contributed by atoms with Gasteiger partial charge in [0.1, 0.15) is 6.10 Å². The number of hydrogen-bond donors (Lipinski definition) is 1. The summed E-state index contributed by atoms with van der Waals surface area (Å²) in [6.45, 7) is 7.07. The molecule has 0 bridgehead atoms. The molecule has 0 amide bonds. The highest BCUT2D eigenvalue weighted by atomic mass is 19.1. The molecule has 1 aliphatic rings. The van der Waals surface area contributed by atoms with Crippen molar-refractivity contribution in [2.45, 2.75) is 46.1 Å². The number of halogens is 1. The molecule has 2 unspecified atom stereocenters. The van der Waals surface area contributed by atoms with E-state index in [9.17, 15) is 4.39 Å². The van der Waals surface area contributed by atoms with Crippen molar-refractivity contribution in [1.29, 1.82) is 0 Å². The lowest BCUT2D eigenvalue weighted by atomic mass is 9.82. The monoisotopic (exact) mass is 267 g/mol. The average molecular weight is 267 g/mol. The summed E-state index contributed by atoms with van der Waals surface area (Å²) in [5.41, 5.74) is 0. The number of nitrogens with one attached hydrogen (secondary N) is 1. The third-order valence-electron chi connectivity index (χ3n) is 3.46. The fourth-order valence-electron chi connectivity index (χ4n) is 2.80. The van der Waals surface area contributed by atoms with E-state index < -0.39 is 5.82 Å². The number of nitrogens with zero attached hydrogens (tertiary/aromatic N) is 2. The first-order chi connectivity index (χ1) is 9.08. The van der Waals surface area contributed by atoms with Crippen LogP contribution in [-0.4, -0.2) is 22.6 Å². The lowest BCUT2D eigenvalue weighted by Gasteiger charge is -2.31. The molecule has 1 aliphatic carbocycles. The Balaban J connectivity index is 2.07. The van der Waals surface area contributed by atoms with Gasteiger partial charge in [0.2, 0.25) is 11.8 Å². The second-order valence-electron chi connectivity index (χ2n) is 5.53. The van der Waals surface area contributed by atoms with Crippen molar-refractivity contribution < 1.29 is 9.13 Å². The van der Waals surface area contributed by atoms with Crippen molar-refractivity contribution in [3.8, 4) is 5.88 Å². The molecule has 19 heavy (non-hydrogen) atoms. The normalized spacial score (nSPS) is 27.1. The number of anilines is 1. The maximum Gasteiger partial charge on any atom is 0.255 e. The fraction of sp³-hybridized carbons (Fsp3) is 0.714. The van der Waals surface area contributed by atoms with E-state index in [-0.39, 0.29) is 12.0 Å². The van der Waals surface area contributed by atoms with Crippen LogP contribution in [0.25, 0.3) is 0 Å². The molecule has 1 aromatic rings. The lowest BCUT2D eigenvalue weighted by molar-refractivity contribution is 0.0923. The van der Waals surface area contributed by atoms with Gasteiger partial charge in [0, 0.05) is 6.54 Å². The molecular formula is C14H22FN3O. The number of hydrogen-bond acceptors (Lipinski definition) is 4. The minimum absolute atomic E-state index is 0.0534. The third kappa shape index (κ3) is 3.78. The Morgan fingerprint density at radius 3 is 2.63 bits per heavy atom. The summed E-state index contributed by atoms with van der Waals surface area (Å²) >= 11 is 0. The Morgan fingerprint density at radius 2 is 2.00 bits per heavy atom. The predicted molar refractivity (Wildman–Crippen MR) is 72.7 cm³/mol. The minimum atomic E-state index is -0.493. The summed E-state index contributed by atoms with van der Waals surface area (Å²) in [4.78, 5) is 7.96. The van der Waals surface area contributed by atoms with Crippen LogP contribution in [0.5, 0.6) is 5.88 Å². The van der Waals surface area contributed by atoms with Crippen molar-refractivity contribution in [3.05, 3.63) is 12.0 Å². The second kappa shape index (κ2) is 6.17. The van der Waals surface area contributed by atoms with Gasteiger partial charge in [0.05, 0.1) is 6.20 Å². The Kier molecular flexibility index (Phi) is 4.56. The van der Waals surface area contributed by atoms with E-state index in [2.05, 4.69) is 29.1 Å². The van der Waals surface area contributed by atoms with Gasteiger partial charge >= 0.3 is 0 Å². The van der Waals surface area contributed by atoms with Crippen LogP contribution >= 0.6 is 0 Å². The van der Waals surface area contributed by atoms with E-state index in [0.717, 1.165) is 19.0 Å². The first-order valence-corrected chi connectivity index (χ1v) is 7.01. The zero-order valence-corrected chi connectivity index (χ0v) is 11.8. The summed E-state index contributed by atoms with van der Waals surface area (Å²) < 4.78 is 19.4. The molecule has 2 atom stereocenters. The minimum Gasteiger partial charge on any atom is -0.472 e. The van der Waals surface area contributed by atoms with Crippen LogP contribution in [0.1, 0.15) is 40.0 Å². The number of ether oxygens (including phenoxy) is 1. The van der Waals surface area contributed by atoms with Crippen molar-refractivity contribution >= 4 is 5.95 Å². The zero-order chi connectivity index (χ0) is 13.8. The summed E-state index contributed by atoms with van der Waals surface area (Å²) in [6.07, 6.45) is 4.36. The summed E-state index contributed by atoms with van der Waals surface area (Å²) in [7, 11) is 0. The molecule has 1 saturated carbocycles. The average Bonchev–Trinajstić information content (AvgIpc) is 2.32. The fourth-order valence-corrected chi connectivity index (χ4v) is 2.80. The Morgan fingerprint density at radius 1 is 1.32 bits per heavy atom. The van der Waals surface area contributed by atoms with E-state index in [0.29, 0.717) is 24.3 Å². The van der Waals surface area contributed by atoms with Crippen molar-refractivity contribution in [3.63, 3.8) is 0 Å². The Bertz CT molecular complexity index is 417. The van der Waals surface area contributed by atoms with Crippen molar-refractivity contribution in [2.75, 3.05) is 11.9 Å². The van der Waals surface area contributed by atoms with Gasteiger partial charge in [0.25, 0.3) is 5.88 Å². The zero-order valence-electron chi connectivity index (χ0n) is 11.8. The molecule has 0 aliphatic heterocycles. The van der Waals surface area contributed by atoms with Crippen LogP contribution in [0.15, 0.2) is 6.20 Å². The molecule has 1 aromatic heterocycles. The molecule has 106 valence electrons. The molecule has 0 saturated heterocycles. The maximum absolute atomic E-state index is 13.7. The Labute approximate surface area is 113 Å². The van der Waals surface area contributed by atoms with E-state index in [1.54, 1.807) is 0 Å². The molecule has 0 radical (unpaired) electrons. The highest BCUT2D eigenvalue weighted by molar-refractivity contribution is 5.28. The van der Waals surface area contributed by atoms with Crippen LogP contribution < -0.4 is 10.1 Å². The molecule has 0 spiro atoms. The maximum atomic E-state index is 13.7. The molecule has 1 fully saturated rings. The van der Waals surface area contributed by atoms with E-state index in [1.165, 1.54) is 6.42 Å². The van der Waals surface area contributed by atoms with Crippen LogP contribution in [0.2, 0.25) is 0 Å². The van der Waals surface area contributed by atoms with Gasteiger partial charge in [-0.05, 0) is 38.0 Å². The lowest BCUT2D eigenvalue weighted by Crippen LogP contribution is -2.29. The highest BCUT2D eigenvalue weighted by Gasteiger charge is 2.26. The van der Waals surface area contributed by atoms with E-state index >= 15 is 0 Å². The quantitative estimate of drug-likeness (QED) is 0.909. The largest absolute Gasteiger partial charge is 0.472 e. The summed E-state index contributed by atoms with van der Waals surface area (Å²) in [5.74, 6) is 1.22. The standard InChI is InChI=1S/C14H22FN3O/c1-4-16-14-17-8-12(15)13(18-14)19-11-6-9(2)5-10(3)7-11/h8-11H,4-7H2,1-3H3,(H,16,17,18). The van der Waals surface area contributed by atoms with Gasteiger partial charge in [0.15, 0.2) is 0 Å². The third-order valence-corrected chi connectivity index (χ3v) is 3.46. The molecular weight excluding hydrogens is 245 g/mol. The summed E-state index contributed by atoms with van der Waals surface area (Å²) in [5, 5.41) is 2.96. The van der Waals surface area contributed by atoms with Crippen LogP contribution in [-0.2, 0) is 0 Å². The highest BCUT2D eigenvalue weighted by Crippen LogP contribution is 2.31. The molecule has 1 N–H and O–H groups in total.